The normalized spacial score (nSPS) is 29.7. The summed E-state index contributed by atoms with van der Waals surface area (Å²) >= 11 is 1.54. The Kier molecular flexibility index (Phi) is 4.03. The predicted octanol–water partition coefficient (Wildman–Crippen LogP) is 1.49. The molecule has 1 aromatic rings. The van der Waals surface area contributed by atoms with E-state index in [1.807, 2.05) is 17.2 Å². The standard InChI is InChI=1S/C15H23N3O2S/c1-11-16-13(8-21-11)14(19)18-5-4-15(10-18)9-17(2)6-12(15)7-20-3/h8,12H,4-7,9-10H2,1-3H3/t12-,15-/m1/s1. The Morgan fingerprint density at radius 3 is 3.05 bits per heavy atom. The van der Waals surface area contributed by atoms with Crippen LogP contribution in [0.1, 0.15) is 21.9 Å². The zero-order valence-electron chi connectivity index (χ0n) is 13.0. The summed E-state index contributed by atoms with van der Waals surface area (Å²) in [7, 11) is 3.92. The van der Waals surface area contributed by atoms with Crippen molar-refractivity contribution in [2.75, 3.05) is 46.9 Å². The lowest BCUT2D eigenvalue weighted by Gasteiger charge is -2.29. The Labute approximate surface area is 129 Å². The van der Waals surface area contributed by atoms with Gasteiger partial charge in [0.1, 0.15) is 5.69 Å². The fourth-order valence-corrected chi connectivity index (χ4v) is 4.47. The van der Waals surface area contributed by atoms with Gasteiger partial charge >= 0.3 is 0 Å². The van der Waals surface area contributed by atoms with Gasteiger partial charge in [0.25, 0.3) is 5.91 Å². The second-order valence-electron chi connectivity index (χ2n) is 6.44. The molecule has 116 valence electrons. The van der Waals surface area contributed by atoms with Gasteiger partial charge in [-0.15, -0.1) is 11.3 Å². The largest absolute Gasteiger partial charge is 0.384 e. The van der Waals surface area contributed by atoms with Crippen molar-refractivity contribution in [3.8, 4) is 0 Å². The molecule has 1 aromatic heterocycles. The van der Waals surface area contributed by atoms with Gasteiger partial charge < -0.3 is 14.5 Å². The Balaban J connectivity index is 1.73. The van der Waals surface area contributed by atoms with Crippen molar-refractivity contribution >= 4 is 17.2 Å². The summed E-state index contributed by atoms with van der Waals surface area (Å²) in [6, 6.07) is 0. The maximum absolute atomic E-state index is 12.6. The van der Waals surface area contributed by atoms with Gasteiger partial charge in [0.2, 0.25) is 0 Å². The van der Waals surface area contributed by atoms with Crippen LogP contribution in [0.5, 0.6) is 0 Å². The molecular formula is C15H23N3O2S. The van der Waals surface area contributed by atoms with E-state index in [1.165, 1.54) is 11.3 Å². The Morgan fingerprint density at radius 1 is 1.57 bits per heavy atom. The number of methoxy groups -OCH3 is 1. The van der Waals surface area contributed by atoms with Crippen molar-refractivity contribution < 1.29 is 9.53 Å². The number of carbonyl (C=O) groups excluding carboxylic acids is 1. The lowest BCUT2D eigenvalue weighted by molar-refractivity contribution is 0.0711. The molecule has 0 radical (unpaired) electrons. The molecule has 2 saturated heterocycles. The second kappa shape index (κ2) is 5.66. The molecule has 0 bridgehead atoms. The minimum absolute atomic E-state index is 0.0851. The highest BCUT2D eigenvalue weighted by Gasteiger charge is 2.50. The highest BCUT2D eigenvalue weighted by atomic mass is 32.1. The first-order valence-corrected chi connectivity index (χ1v) is 8.31. The van der Waals surface area contributed by atoms with Crippen LogP contribution in [-0.2, 0) is 4.74 Å². The topological polar surface area (TPSA) is 45.7 Å². The molecule has 3 rings (SSSR count). The highest BCUT2D eigenvalue weighted by Crippen LogP contribution is 2.43. The minimum atomic E-state index is 0.0851. The number of hydrogen-bond acceptors (Lipinski definition) is 5. The average Bonchev–Trinajstić information content (AvgIpc) is 3.11. The third kappa shape index (κ3) is 2.72. The van der Waals surface area contributed by atoms with Crippen molar-refractivity contribution in [3.05, 3.63) is 16.1 Å². The summed E-state index contributed by atoms with van der Waals surface area (Å²) in [5.74, 6) is 0.601. The second-order valence-corrected chi connectivity index (χ2v) is 7.50. The van der Waals surface area contributed by atoms with Gasteiger partial charge in [-0.25, -0.2) is 4.98 Å². The summed E-state index contributed by atoms with van der Waals surface area (Å²) in [4.78, 5) is 21.3. The van der Waals surface area contributed by atoms with Crippen molar-refractivity contribution in [1.29, 1.82) is 0 Å². The molecule has 21 heavy (non-hydrogen) atoms. The number of hydrogen-bond donors (Lipinski definition) is 0. The zero-order valence-corrected chi connectivity index (χ0v) is 13.8. The fraction of sp³-hybridized carbons (Fsp3) is 0.733. The van der Waals surface area contributed by atoms with Gasteiger partial charge in [0.15, 0.2) is 0 Å². The van der Waals surface area contributed by atoms with Crippen LogP contribution in [0.4, 0.5) is 0 Å². The molecular weight excluding hydrogens is 286 g/mol. The van der Waals surface area contributed by atoms with Gasteiger partial charge in [-0.3, -0.25) is 4.79 Å². The molecule has 0 N–H and O–H groups in total. The highest BCUT2D eigenvalue weighted by molar-refractivity contribution is 7.09. The monoisotopic (exact) mass is 309 g/mol. The molecule has 2 aliphatic rings. The quantitative estimate of drug-likeness (QED) is 0.849. The molecule has 6 heteroatoms. The first-order chi connectivity index (χ1) is 10.0. The number of thiazole rings is 1. The maximum Gasteiger partial charge on any atom is 0.273 e. The van der Waals surface area contributed by atoms with Crippen LogP contribution in [0.2, 0.25) is 0 Å². The van der Waals surface area contributed by atoms with E-state index < -0.39 is 0 Å². The van der Waals surface area contributed by atoms with Crippen molar-refractivity contribution in [1.82, 2.24) is 14.8 Å². The third-order valence-electron chi connectivity index (χ3n) is 4.86. The van der Waals surface area contributed by atoms with Crippen LogP contribution < -0.4 is 0 Å². The number of amides is 1. The van der Waals surface area contributed by atoms with Crippen molar-refractivity contribution in [2.24, 2.45) is 11.3 Å². The average molecular weight is 309 g/mol. The van der Waals surface area contributed by atoms with Gasteiger partial charge in [-0.05, 0) is 20.4 Å². The van der Waals surface area contributed by atoms with E-state index in [-0.39, 0.29) is 11.3 Å². The number of ether oxygens (including phenoxy) is 1. The van der Waals surface area contributed by atoms with Crippen molar-refractivity contribution in [2.45, 2.75) is 13.3 Å². The zero-order chi connectivity index (χ0) is 15.0. The SMILES string of the molecule is COC[C@H]1CN(C)C[C@@]12CCN(C(=O)c1csc(C)n1)C2. The van der Waals surface area contributed by atoms with E-state index in [4.69, 9.17) is 4.74 Å². The molecule has 2 fully saturated rings. The number of rotatable bonds is 3. The molecule has 2 aliphatic heterocycles. The van der Waals surface area contributed by atoms with E-state index >= 15 is 0 Å². The van der Waals surface area contributed by atoms with Gasteiger partial charge in [0.05, 0.1) is 11.6 Å². The smallest absolute Gasteiger partial charge is 0.273 e. The summed E-state index contributed by atoms with van der Waals surface area (Å²) in [5.41, 5.74) is 0.801. The molecule has 5 nitrogen and oxygen atoms in total. The molecule has 3 heterocycles. The number of aromatic nitrogens is 1. The van der Waals surface area contributed by atoms with E-state index in [1.54, 1.807) is 7.11 Å². The minimum Gasteiger partial charge on any atom is -0.384 e. The summed E-state index contributed by atoms with van der Waals surface area (Å²) in [6.07, 6.45) is 1.07. The molecule has 0 aliphatic carbocycles. The molecule has 0 unspecified atom stereocenters. The fourth-order valence-electron chi connectivity index (χ4n) is 3.89. The van der Waals surface area contributed by atoms with Crippen LogP contribution >= 0.6 is 11.3 Å². The van der Waals surface area contributed by atoms with Crippen LogP contribution in [0.15, 0.2) is 5.38 Å². The van der Waals surface area contributed by atoms with Gasteiger partial charge in [-0.1, -0.05) is 0 Å². The Bertz CT molecular complexity index is 533. The lowest BCUT2D eigenvalue weighted by atomic mass is 9.78. The summed E-state index contributed by atoms with van der Waals surface area (Å²) in [5, 5.41) is 2.82. The number of carbonyl (C=O) groups is 1. The molecule has 0 aromatic carbocycles. The molecule has 1 amide bonds. The lowest BCUT2D eigenvalue weighted by Crippen LogP contribution is -2.38. The predicted molar refractivity (Wildman–Crippen MR) is 82.7 cm³/mol. The van der Waals surface area contributed by atoms with Gasteiger partial charge in [-0.2, -0.15) is 0 Å². The van der Waals surface area contributed by atoms with E-state index in [0.29, 0.717) is 11.6 Å². The van der Waals surface area contributed by atoms with Crippen molar-refractivity contribution in [3.63, 3.8) is 0 Å². The Hall–Kier alpha value is -0.980. The van der Waals surface area contributed by atoms with E-state index in [2.05, 4.69) is 16.9 Å². The number of aryl methyl sites for hydroxylation is 1. The van der Waals surface area contributed by atoms with E-state index in [9.17, 15) is 4.79 Å². The first-order valence-electron chi connectivity index (χ1n) is 7.43. The maximum atomic E-state index is 12.6. The molecule has 0 saturated carbocycles. The van der Waals surface area contributed by atoms with Gasteiger partial charge in [0, 0.05) is 50.0 Å². The van der Waals surface area contributed by atoms with E-state index in [0.717, 1.165) is 44.2 Å². The first kappa shape index (κ1) is 14.9. The number of nitrogens with zero attached hydrogens (tertiary/aromatic N) is 3. The van der Waals surface area contributed by atoms with Crippen LogP contribution in [0.25, 0.3) is 0 Å². The van der Waals surface area contributed by atoms with Crippen LogP contribution in [-0.4, -0.2) is 67.6 Å². The third-order valence-corrected chi connectivity index (χ3v) is 5.63. The van der Waals surface area contributed by atoms with Crippen LogP contribution in [0.3, 0.4) is 0 Å². The summed E-state index contributed by atoms with van der Waals surface area (Å²) < 4.78 is 5.40. The summed E-state index contributed by atoms with van der Waals surface area (Å²) in [6.45, 7) is 6.51. The molecule has 2 atom stereocenters. The Morgan fingerprint density at radius 2 is 2.38 bits per heavy atom. The van der Waals surface area contributed by atoms with Crippen LogP contribution in [0, 0.1) is 18.3 Å². The molecule has 1 spiro atoms. The number of likely N-dealkylation sites (tertiary alicyclic amines) is 2.